The molecule has 1 nitrogen and oxygen atoms in total. The van der Waals surface area contributed by atoms with Crippen molar-refractivity contribution in [2.45, 2.75) is 25.3 Å². The Hall–Kier alpha value is -0.600. The van der Waals surface area contributed by atoms with Crippen LogP contribution in [0.15, 0.2) is 34.8 Å². The zero-order chi connectivity index (χ0) is 11.4. The van der Waals surface area contributed by atoms with Crippen LogP contribution in [0.4, 0.5) is 0 Å². The second-order valence-electron chi connectivity index (χ2n) is 4.45. The molecule has 0 aliphatic carbocycles. The van der Waals surface area contributed by atoms with Crippen molar-refractivity contribution in [3.05, 3.63) is 40.4 Å². The molecule has 1 saturated heterocycles. The van der Waals surface area contributed by atoms with Gasteiger partial charge in [-0.3, -0.25) is 4.90 Å². The van der Waals surface area contributed by atoms with Crippen molar-refractivity contribution in [2.24, 2.45) is 0 Å². The molecule has 1 heterocycles. The molecule has 0 N–H and O–H groups in total. The summed E-state index contributed by atoms with van der Waals surface area (Å²) in [7, 11) is 2.22. The highest BCUT2D eigenvalue weighted by atomic mass is 79.9. The Bertz CT molecular complexity index is 356. The molecule has 2 heteroatoms. The number of likely N-dealkylation sites (tertiary alicyclic amines) is 1. The van der Waals surface area contributed by atoms with E-state index in [1.165, 1.54) is 31.4 Å². The van der Waals surface area contributed by atoms with E-state index in [0.29, 0.717) is 6.04 Å². The molecule has 1 atom stereocenters. The minimum Gasteiger partial charge on any atom is -0.300 e. The molecule has 1 aromatic carbocycles. The Morgan fingerprint density at radius 3 is 2.69 bits per heavy atom. The first kappa shape index (κ1) is 11.9. The number of likely N-dealkylation sites (N-methyl/N-ethyl adjacent to an activating group) is 1. The molecule has 1 aliphatic rings. The summed E-state index contributed by atoms with van der Waals surface area (Å²) in [6.07, 6.45) is 8.57. The quantitative estimate of drug-likeness (QED) is 0.793. The van der Waals surface area contributed by atoms with Crippen molar-refractivity contribution in [3.63, 3.8) is 0 Å². The van der Waals surface area contributed by atoms with Crippen LogP contribution in [0.25, 0.3) is 6.08 Å². The molecule has 16 heavy (non-hydrogen) atoms. The molecular formula is C14H18BrN. The average Bonchev–Trinajstić information content (AvgIpc) is 2.30. The topological polar surface area (TPSA) is 3.24 Å². The Balaban J connectivity index is 2.00. The molecule has 0 bridgehead atoms. The van der Waals surface area contributed by atoms with Crippen LogP contribution >= 0.6 is 15.9 Å². The number of rotatable bonds is 2. The van der Waals surface area contributed by atoms with Gasteiger partial charge in [-0.15, -0.1) is 0 Å². The first-order valence-corrected chi connectivity index (χ1v) is 6.69. The van der Waals surface area contributed by atoms with Gasteiger partial charge in [0, 0.05) is 10.5 Å². The molecule has 1 unspecified atom stereocenters. The van der Waals surface area contributed by atoms with Crippen LogP contribution in [-0.2, 0) is 0 Å². The first-order valence-electron chi connectivity index (χ1n) is 5.90. The van der Waals surface area contributed by atoms with Crippen LogP contribution in [0.5, 0.6) is 0 Å². The zero-order valence-corrected chi connectivity index (χ0v) is 11.3. The third-order valence-corrected chi connectivity index (χ3v) is 3.74. The number of benzene rings is 1. The Kier molecular flexibility index (Phi) is 4.19. The average molecular weight is 280 g/mol. The summed E-state index contributed by atoms with van der Waals surface area (Å²) < 4.78 is 1.14. The molecule has 0 saturated carbocycles. The van der Waals surface area contributed by atoms with Crippen LogP contribution < -0.4 is 0 Å². The molecular weight excluding hydrogens is 262 g/mol. The van der Waals surface area contributed by atoms with Gasteiger partial charge in [0.2, 0.25) is 0 Å². The monoisotopic (exact) mass is 279 g/mol. The summed E-state index contributed by atoms with van der Waals surface area (Å²) in [6, 6.07) is 9.08. The lowest BCUT2D eigenvalue weighted by Gasteiger charge is -2.30. The molecule has 0 aromatic heterocycles. The summed E-state index contributed by atoms with van der Waals surface area (Å²) in [4.78, 5) is 2.44. The van der Waals surface area contributed by atoms with Gasteiger partial charge in [0.15, 0.2) is 0 Å². The highest BCUT2D eigenvalue weighted by molar-refractivity contribution is 9.10. The lowest BCUT2D eigenvalue weighted by Crippen LogP contribution is -2.34. The van der Waals surface area contributed by atoms with Crippen LogP contribution in [0.3, 0.4) is 0 Å². The number of hydrogen-bond donors (Lipinski definition) is 0. The highest BCUT2D eigenvalue weighted by Gasteiger charge is 2.15. The fourth-order valence-corrected chi connectivity index (χ4v) is 2.40. The van der Waals surface area contributed by atoms with E-state index in [-0.39, 0.29) is 0 Å². The molecule has 0 spiro atoms. The van der Waals surface area contributed by atoms with E-state index in [1.54, 1.807) is 0 Å². The maximum Gasteiger partial charge on any atom is 0.0278 e. The van der Waals surface area contributed by atoms with Gasteiger partial charge in [-0.2, -0.15) is 0 Å². The van der Waals surface area contributed by atoms with Gasteiger partial charge in [-0.25, -0.2) is 0 Å². The van der Waals surface area contributed by atoms with Crippen LogP contribution in [-0.4, -0.2) is 24.5 Å². The van der Waals surface area contributed by atoms with Crippen LogP contribution in [0, 0.1) is 0 Å². The maximum absolute atomic E-state index is 3.45. The predicted molar refractivity (Wildman–Crippen MR) is 73.4 cm³/mol. The molecule has 1 aliphatic heterocycles. The van der Waals surface area contributed by atoms with Gasteiger partial charge in [0.1, 0.15) is 0 Å². The lowest BCUT2D eigenvalue weighted by molar-refractivity contribution is 0.222. The SMILES string of the molecule is CN1CCCCC1/C=C/c1ccc(Br)cc1. The van der Waals surface area contributed by atoms with E-state index in [2.05, 4.69) is 64.3 Å². The van der Waals surface area contributed by atoms with E-state index >= 15 is 0 Å². The van der Waals surface area contributed by atoms with E-state index in [9.17, 15) is 0 Å². The number of piperidine rings is 1. The van der Waals surface area contributed by atoms with Gasteiger partial charge in [-0.05, 0) is 44.1 Å². The van der Waals surface area contributed by atoms with Crippen molar-refractivity contribution < 1.29 is 0 Å². The second kappa shape index (κ2) is 5.65. The van der Waals surface area contributed by atoms with E-state index < -0.39 is 0 Å². The normalized spacial score (nSPS) is 22.8. The Labute approximate surface area is 106 Å². The molecule has 86 valence electrons. The third-order valence-electron chi connectivity index (χ3n) is 3.21. The number of halogens is 1. The fraction of sp³-hybridized carbons (Fsp3) is 0.429. The number of hydrogen-bond acceptors (Lipinski definition) is 1. The Morgan fingerprint density at radius 1 is 1.25 bits per heavy atom. The lowest BCUT2D eigenvalue weighted by atomic mass is 10.0. The maximum atomic E-state index is 3.45. The zero-order valence-electron chi connectivity index (χ0n) is 9.70. The predicted octanol–water partition coefficient (Wildman–Crippen LogP) is 3.95. The van der Waals surface area contributed by atoms with Gasteiger partial charge < -0.3 is 0 Å². The van der Waals surface area contributed by atoms with E-state index in [4.69, 9.17) is 0 Å². The second-order valence-corrected chi connectivity index (χ2v) is 5.37. The largest absolute Gasteiger partial charge is 0.300 e. The first-order chi connectivity index (χ1) is 7.75. The summed E-state index contributed by atoms with van der Waals surface area (Å²) >= 11 is 3.45. The molecule has 0 amide bonds. The smallest absolute Gasteiger partial charge is 0.0278 e. The number of nitrogens with zero attached hydrogens (tertiary/aromatic N) is 1. The minimum atomic E-state index is 0.623. The standard InChI is InChI=1S/C14H18BrN/c1-16-11-3-2-4-14(16)10-7-12-5-8-13(15)9-6-12/h5-10,14H,2-4,11H2,1H3/b10-7+. The minimum absolute atomic E-state index is 0.623. The van der Waals surface area contributed by atoms with Crippen molar-refractivity contribution >= 4 is 22.0 Å². The highest BCUT2D eigenvalue weighted by Crippen LogP contribution is 2.18. The fourth-order valence-electron chi connectivity index (χ4n) is 2.14. The summed E-state index contributed by atoms with van der Waals surface area (Å²) in [6.45, 7) is 1.23. The van der Waals surface area contributed by atoms with Gasteiger partial charge in [-0.1, -0.05) is 46.6 Å². The van der Waals surface area contributed by atoms with Gasteiger partial charge >= 0.3 is 0 Å². The van der Waals surface area contributed by atoms with Crippen molar-refractivity contribution in [3.8, 4) is 0 Å². The van der Waals surface area contributed by atoms with Crippen molar-refractivity contribution in [2.75, 3.05) is 13.6 Å². The molecule has 2 rings (SSSR count). The van der Waals surface area contributed by atoms with Crippen LogP contribution in [0.1, 0.15) is 24.8 Å². The molecule has 0 radical (unpaired) electrons. The molecule has 1 fully saturated rings. The van der Waals surface area contributed by atoms with Gasteiger partial charge in [0.25, 0.3) is 0 Å². The van der Waals surface area contributed by atoms with E-state index in [0.717, 1.165) is 4.47 Å². The van der Waals surface area contributed by atoms with Crippen molar-refractivity contribution in [1.82, 2.24) is 4.90 Å². The summed E-state index contributed by atoms with van der Waals surface area (Å²) in [5, 5.41) is 0. The molecule has 1 aromatic rings. The summed E-state index contributed by atoms with van der Waals surface area (Å²) in [5.74, 6) is 0. The summed E-state index contributed by atoms with van der Waals surface area (Å²) in [5.41, 5.74) is 1.28. The van der Waals surface area contributed by atoms with Gasteiger partial charge in [0.05, 0.1) is 0 Å². The van der Waals surface area contributed by atoms with E-state index in [1.807, 2.05) is 0 Å². The Morgan fingerprint density at radius 2 is 2.00 bits per heavy atom. The van der Waals surface area contributed by atoms with Crippen LogP contribution in [0.2, 0.25) is 0 Å². The third kappa shape index (κ3) is 3.19. The van der Waals surface area contributed by atoms with Crippen molar-refractivity contribution in [1.29, 1.82) is 0 Å².